The average Bonchev–Trinajstić information content (AvgIpc) is 2.57. The van der Waals surface area contributed by atoms with Crippen molar-refractivity contribution < 1.29 is 4.52 Å². The van der Waals surface area contributed by atoms with E-state index >= 15 is 0 Å². The van der Waals surface area contributed by atoms with E-state index in [-0.39, 0.29) is 0 Å². The van der Waals surface area contributed by atoms with Gasteiger partial charge in [0, 0.05) is 18.2 Å². The first-order chi connectivity index (χ1) is 8.99. The zero-order valence-corrected chi connectivity index (χ0v) is 13.1. The second kappa shape index (κ2) is 6.08. The van der Waals surface area contributed by atoms with Crippen LogP contribution in [-0.2, 0) is 6.54 Å². The van der Waals surface area contributed by atoms with Gasteiger partial charge in [-0.15, -0.1) is 0 Å². The molecule has 0 aromatic carbocycles. The topological polar surface area (TPSA) is 29.3 Å². The number of hydrogen-bond donors (Lipinski definition) is 0. The van der Waals surface area contributed by atoms with E-state index in [4.69, 9.17) is 4.52 Å². The number of nitrogens with zero attached hydrogens (tertiary/aromatic N) is 2. The van der Waals surface area contributed by atoms with Gasteiger partial charge in [-0.3, -0.25) is 4.90 Å². The summed E-state index contributed by atoms with van der Waals surface area (Å²) in [4.78, 5) is 2.65. The minimum absolute atomic E-state index is 0.693. The molecule has 0 amide bonds. The van der Waals surface area contributed by atoms with Gasteiger partial charge in [-0.1, -0.05) is 25.9 Å². The normalized spacial score (nSPS) is 25.8. The number of likely N-dealkylation sites (tertiary alicyclic amines) is 1. The Hall–Kier alpha value is -0.830. The molecule has 2 unspecified atom stereocenters. The van der Waals surface area contributed by atoms with Crippen LogP contribution in [0.2, 0.25) is 0 Å². The third kappa shape index (κ3) is 3.38. The molecule has 2 rings (SSSR count). The summed E-state index contributed by atoms with van der Waals surface area (Å²) in [5.41, 5.74) is 2.34. The molecule has 19 heavy (non-hydrogen) atoms. The first-order valence-electron chi connectivity index (χ1n) is 7.64. The summed E-state index contributed by atoms with van der Waals surface area (Å²) >= 11 is 0. The van der Waals surface area contributed by atoms with E-state index in [1.165, 1.54) is 31.4 Å². The zero-order valence-electron chi connectivity index (χ0n) is 13.1. The molecule has 2 atom stereocenters. The summed E-state index contributed by atoms with van der Waals surface area (Å²) in [6, 6.07) is 0.693. The van der Waals surface area contributed by atoms with Gasteiger partial charge in [0.05, 0.1) is 5.69 Å². The maximum Gasteiger partial charge on any atom is 0.138 e. The zero-order chi connectivity index (χ0) is 14.0. The molecule has 3 nitrogen and oxygen atoms in total. The molecule has 1 aromatic heterocycles. The number of aromatic nitrogens is 1. The van der Waals surface area contributed by atoms with E-state index in [9.17, 15) is 0 Å². The van der Waals surface area contributed by atoms with Crippen LogP contribution in [-0.4, -0.2) is 22.6 Å². The number of aryl methyl sites for hydroxylation is 2. The van der Waals surface area contributed by atoms with E-state index in [1.807, 2.05) is 6.92 Å². The van der Waals surface area contributed by atoms with Crippen molar-refractivity contribution in [2.24, 2.45) is 11.8 Å². The Labute approximate surface area is 117 Å². The molecular formula is C16H28N2O. The van der Waals surface area contributed by atoms with Crippen molar-refractivity contribution in [3.05, 3.63) is 17.0 Å². The lowest BCUT2D eigenvalue weighted by Crippen LogP contribution is -2.38. The van der Waals surface area contributed by atoms with E-state index < -0.39 is 0 Å². The van der Waals surface area contributed by atoms with E-state index in [1.54, 1.807) is 0 Å². The summed E-state index contributed by atoms with van der Waals surface area (Å²) in [6.07, 6.45) is 4.00. The van der Waals surface area contributed by atoms with E-state index in [0.717, 1.165) is 23.9 Å². The third-order valence-corrected chi connectivity index (χ3v) is 4.65. The second-order valence-electron chi connectivity index (χ2n) is 6.56. The summed E-state index contributed by atoms with van der Waals surface area (Å²) in [5.74, 6) is 2.55. The van der Waals surface area contributed by atoms with Gasteiger partial charge in [0.15, 0.2) is 0 Å². The Kier molecular flexibility index (Phi) is 4.67. The summed E-state index contributed by atoms with van der Waals surface area (Å²) in [6.45, 7) is 13.4. The maximum absolute atomic E-state index is 5.31. The maximum atomic E-state index is 5.31. The van der Waals surface area contributed by atoms with Gasteiger partial charge >= 0.3 is 0 Å². The van der Waals surface area contributed by atoms with Crippen molar-refractivity contribution in [1.82, 2.24) is 10.1 Å². The average molecular weight is 264 g/mol. The van der Waals surface area contributed by atoms with Gasteiger partial charge in [-0.2, -0.15) is 0 Å². The van der Waals surface area contributed by atoms with Crippen molar-refractivity contribution in [3.8, 4) is 0 Å². The molecular weight excluding hydrogens is 236 g/mol. The standard InChI is InChI=1S/C16H28N2O/c1-11(2)16-7-6-12(3)8-9-18(16)10-15-13(4)17-19-14(15)5/h11-12,16H,6-10H2,1-5H3. The van der Waals surface area contributed by atoms with Crippen LogP contribution in [0, 0.1) is 25.7 Å². The highest BCUT2D eigenvalue weighted by Gasteiger charge is 2.27. The van der Waals surface area contributed by atoms with Gasteiger partial charge in [0.1, 0.15) is 5.76 Å². The fourth-order valence-corrected chi connectivity index (χ4v) is 3.22. The Balaban J connectivity index is 2.15. The molecule has 1 fully saturated rings. The highest BCUT2D eigenvalue weighted by Crippen LogP contribution is 2.28. The van der Waals surface area contributed by atoms with Crippen LogP contribution in [0.3, 0.4) is 0 Å². The molecule has 108 valence electrons. The van der Waals surface area contributed by atoms with Crippen LogP contribution in [0.4, 0.5) is 0 Å². The Morgan fingerprint density at radius 3 is 2.58 bits per heavy atom. The third-order valence-electron chi connectivity index (χ3n) is 4.65. The predicted octanol–water partition coefficient (Wildman–Crippen LogP) is 3.94. The molecule has 1 aliphatic rings. The van der Waals surface area contributed by atoms with Crippen molar-refractivity contribution in [2.75, 3.05) is 6.54 Å². The molecule has 2 heterocycles. The van der Waals surface area contributed by atoms with Crippen molar-refractivity contribution >= 4 is 0 Å². The Morgan fingerprint density at radius 2 is 2.00 bits per heavy atom. The predicted molar refractivity (Wildman–Crippen MR) is 78.0 cm³/mol. The molecule has 3 heteroatoms. The summed E-state index contributed by atoms with van der Waals surface area (Å²) in [7, 11) is 0. The highest BCUT2D eigenvalue weighted by atomic mass is 16.5. The lowest BCUT2D eigenvalue weighted by Gasteiger charge is -2.32. The number of hydrogen-bond acceptors (Lipinski definition) is 3. The van der Waals surface area contributed by atoms with Crippen LogP contribution in [0.25, 0.3) is 0 Å². The lowest BCUT2D eigenvalue weighted by molar-refractivity contribution is 0.148. The minimum atomic E-state index is 0.693. The molecule has 1 saturated heterocycles. The SMILES string of the molecule is Cc1noc(C)c1CN1CCC(C)CCC1C(C)C. The molecule has 0 saturated carbocycles. The molecule has 0 bridgehead atoms. The van der Waals surface area contributed by atoms with Crippen molar-refractivity contribution in [1.29, 1.82) is 0 Å². The summed E-state index contributed by atoms with van der Waals surface area (Å²) in [5, 5.41) is 4.09. The van der Waals surface area contributed by atoms with Gasteiger partial charge < -0.3 is 4.52 Å². The largest absolute Gasteiger partial charge is 0.361 e. The second-order valence-corrected chi connectivity index (χ2v) is 6.56. The highest BCUT2D eigenvalue weighted by molar-refractivity contribution is 5.20. The van der Waals surface area contributed by atoms with Crippen LogP contribution < -0.4 is 0 Å². The van der Waals surface area contributed by atoms with Crippen molar-refractivity contribution in [3.63, 3.8) is 0 Å². The first kappa shape index (κ1) is 14.6. The van der Waals surface area contributed by atoms with Crippen LogP contribution in [0.15, 0.2) is 4.52 Å². The van der Waals surface area contributed by atoms with Gasteiger partial charge in [0.2, 0.25) is 0 Å². The van der Waals surface area contributed by atoms with E-state index in [2.05, 4.69) is 37.8 Å². The fourth-order valence-electron chi connectivity index (χ4n) is 3.22. The molecule has 0 N–H and O–H groups in total. The van der Waals surface area contributed by atoms with Crippen LogP contribution >= 0.6 is 0 Å². The molecule has 0 radical (unpaired) electrons. The van der Waals surface area contributed by atoms with Gasteiger partial charge in [0.25, 0.3) is 0 Å². The molecule has 0 spiro atoms. The molecule has 1 aliphatic heterocycles. The summed E-state index contributed by atoms with van der Waals surface area (Å²) < 4.78 is 5.31. The molecule has 1 aromatic rings. The Bertz CT molecular complexity index is 391. The molecule has 0 aliphatic carbocycles. The number of rotatable bonds is 3. The van der Waals surface area contributed by atoms with Crippen molar-refractivity contribution in [2.45, 2.75) is 66.5 Å². The van der Waals surface area contributed by atoms with Crippen LogP contribution in [0.5, 0.6) is 0 Å². The smallest absolute Gasteiger partial charge is 0.138 e. The Morgan fingerprint density at radius 1 is 1.26 bits per heavy atom. The lowest BCUT2D eigenvalue weighted by atomic mass is 9.95. The van der Waals surface area contributed by atoms with Crippen LogP contribution in [0.1, 0.15) is 57.1 Å². The quantitative estimate of drug-likeness (QED) is 0.828. The first-order valence-corrected chi connectivity index (χ1v) is 7.64. The fraction of sp³-hybridized carbons (Fsp3) is 0.812. The van der Waals surface area contributed by atoms with Gasteiger partial charge in [-0.05, 0) is 51.5 Å². The minimum Gasteiger partial charge on any atom is -0.361 e. The monoisotopic (exact) mass is 264 g/mol. The van der Waals surface area contributed by atoms with E-state index in [0.29, 0.717) is 12.0 Å². The van der Waals surface area contributed by atoms with Gasteiger partial charge in [-0.25, -0.2) is 0 Å².